The molecule has 2 heterocycles. The Labute approximate surface area is 186 Å². The highest BCUT2D eigenvalue weighted by Crippen LogP contribution is 2.28. The molecule has 1 N–H and O–H groups in total. The van der Waals surface area contributed by atoms with Gasteiger partial charge in [-0.1, -0.05) is 34.7 Å². The van der Waals surface area contributed by atoms with Gasteiger partial charge in [-0.25, -0.2) is 0 Å². The molecular weight excluding hydrogens is 448 g/mol. The molecule has 11 heteroatoms. The third-order valence-electron chi connectivity index (χ3n) is 4.00. The van der Waals surface area contributed by atoms with Crippen molar-refractivity contribution in [2.75, 3.05) is 19.5 Å². The second-order valence-electron chi connectivity index (χ2n) is 6.09. The number of aromatic nitrogens is 3. The molecule has 3 rings (SSSR count). The van der Waals surface area contributed by atoms with Crippen LogP contribution in [0.3, 0.4) is 0 Å². The minimum Gasteiger partial charge on any atom is -0.495 e. The van der Waals surface area contributed by atoms with Gasteiger partial charge >= 0.3 is 0 Å². The monoisotopic (exact) mass is 466 g/mol. The van der Waals surface area contributed by atoms with E-state index in [2.05, 4.69) is 15.5 Å². The minimum atomic E-state index is -0.306. The van der Waals surface area contributed by atoms with Crippen molar-refractivity contribution < 1.29 is 14.3 Å². The first-order valence-electron chi connectivity index (χ1n) is 8.73. The van der Waals surface area contributed by atoms with E-state index < -0.39 is 0 Å². The Kier molecular flexibility index (Phi) is 7.35. The zero-order valence-corrected chi connectivity index (χ0v) is 18.9. The lowest BCUT2D eigenvalue weighted by atomic mass is 10.3. The predicted octanol–water partition coefficient (Wildman–Crippen LogP) is 3.61. The number of hydrogen-bond acceptors (Lipinski definition) is 8. The summed E-state index contributed by atoms with van der Waals surface area (Å²) < 4.78 is 12.9. The predicted molar refractivity (Wildman–Crippen MR) is 118 cm³/mol. The van der Waals surface area contributed by atoms with Gasteiger partial charge < -0.3 is 19.4 Å². The normalized spacial score (nSPS) is 10.7. The number of methoxy groups -OCH3 is 2. The van der Waals surface area contributed by atoms with E-state index in [9.17, 15) is 9.59 Å². The summed E-state index contributed by atoms with van der Waals surface area (Å²) in [5.41, 5.74) is 0.866. The molecule has 0 aliphatic heterocycles. The van der Waals surface area contributed by atoms with Crippen molar-refractivity contribution in [3.8, 4) is 11.5 Å². The van der Waals surface area contributed by atoms with Crippen LogP contribution in [-0.4, -0.2) is 34.9 Å². The number of aryl methyl sites for hydroxylation is 1. The second kappa shape index (κ2) is 9.96. The zero-order valence-electron chi connectivity index (χ0n) is 16.5. The maximum Gasteiger partial charge on any atom is 0.244 e. The maximum atomic E-state index is 12.7. The van der Waals surface area contributed by atoms with E-state index in [-0.39, 0.29) is 23.6 Å². The second-order valence-corrected chi connectivity index (χ2v) is 8.93. The summed E-state index contributed by atoms with van der Waals surface area (Å²) in [5.74, 6) is 0.789. The fourth-order valence-electron chi connectivity index (χ4n) is 2.61. The lowest BCUT2D eigenvalue weighted by Crippen LogP contribution is -2.23. The van der Waals surface area contributed by atoms with Gasteiger partial charge in [-0.05, 0) is 25.1 Å². The van der Waals surface area contributed by atoms with Crippen LogP contribution in [0.4, 0.5) is 5.69 Å². The molecule has 30 heavy (non-hydrogen) atoms. The van der Waals surface area contributed by atoms with Crippen molar-refractivity contribution >= 4 is 46.3 Å². The summed E-state index contributed by atoms with van der Waals surface area (Å²) in [6, 6.07) is 6.42. The number of ether oxygens (including phenoxy) is 2. The van der Waals surface area contributed by atoms with E-state index in [1.165, 1.54) is 49.6 Å². The molecule has 1 amide bonds. The number of nitrogens with one attached hydrogen (secondary N) is 1. The Morgan fingerprint density at radius 3 is 2.67 bits per heavy atom. The number of carbonyl (C=O) groups is 1. The standard InChI is InChI=1S/C19H19ClN4O4S2/c1-11-22-23-19(30-11)29-10-13-7-15(25)17(28-3)8-24(13)9-18(26)21-14-6-12(20)4-5-16(14)27-2/h4-8H,9-10H2,1-3H3,(H,21,26). The summed E-state index contributed by atoms with van der Waals surface area (Å²) in [6.07, 6.45) is 1.53. The number of hydrogen-bond donors (Lipinski definition) is 1. The van der Waals surface area contributed by atoms with Gasteiger partial charge in [0.2, 0.25) is 11.3 Å². The lowest BCUT2D eigenvalue weighted by molar-refractivity contribution is -0.116. The van der Waals surface area contributed by atoms with Crippen LogP contribution in [0.15, 0.2) is 39.6 Å². The summed E-state index contributed by atoms with van der Waals surface area (Å²) >= 11 is 8.94. The molecule has 0 bridgehead atoms. The molecule has 0 fully saturated rings. The quantitative estimate of drug-likeness (QED) is 0.506. The molecule has 8 nitrogen and oxygen atoms in total. The van der Waals surface area contributed by atoms with E-state index in [0.29, 0.717) is 27.9 Å². The first-order valence-corrected chi connectivity index (χ1v) is 10.9. The van der Waals surface area contributed by atoms with Gasteiger partial charge in [-0.15, -0.1) is 10.2 Å². The average Bonchev–Trinajstić information content (AvgIpc) is 3.13. The number of benzene rings is 1. The van der Waals surface area contributed by atoms with Gasteiger partial charge in [0.05, 0.1) is 26.1 Å². The molecule has 3 aromatic rings. The van der Waals surface area contributed by atoms with Gasteiger partial charge in [0.1, 0.15) is 17.3 Å². The molecule has 0 radical (unpaired) electrons. The third-order valence-corrected chi connectivity index (χ3v) is 6.24. The van der Waals surface area contributed by atoms with Crippen LogP contribution < -0.4 is 20.2 Å². The van der Waals surface area contributed by atoms with E-state index in [1.807, 2.05) is 6.92 Å². The number of carbonyl (C=O) groups excluding carboxylic acids is 1. The molecule has 0 saturated carbocycles. The highest BCUT2D eigenvalue weighted by Gasteiger charge is 2.14. The maximum absolute atomic E-state index is 12.7. The van der Waals surface area contributed by atoms with Gasteiger partial charge in [-0.2, -0.15) is 0 Å². The Hall–Kier alpha value is -2.56. The van der Waals surface area contributed by atoms with Crippen LogP contribution >= 0.6 is 34.7 Å². The fraction of sp³-hybridized carbons (Fsp3) is 0.263. The summed E-state index contributed by atoms with van der Waals surface area (Å²) in [7, 11) is 2.92. The molecule has 1 aromatic carbocycles. The zero-order chi connectivity index (χ0) is 21.7. The topological polar surface area (TPSA) is 95.3 Å². The summed E-state index contributed by atoms with van der Waals surface area (Å²) in [4.78, 5) is 24.9. The molecule has 0 unspecified atom stereocenters. The fourth-order valence-corrected chi connectivity index (χ4v) is 4.59. The highest BCUT2D eigenvalue weighted by molar-refractivity contribution is 8.00. The van der Waals surface area contributed by atoms with Crippen molar-refractivity contribution in [3.05, 3.63) is 56.4 Å². The van der Waals surface area contributed by atoms with Gasteiger partial charge in [0.15, 0.2) is 10.1 Å². The van der Waals surface area contributed by atoms with Gasteiger partial charge in [0.25, 0.3) is 0 Å². The van der Waals surface area contributed by atoms with E-state index in [4.69, 9.17) is 21.1 Å². The van der Waals surface area contributed by atoms with Crippen molar-refractivity contribution in [2.45, 2.75) is 23.6 Å². The third kappa shape index (κ3) is 5.53. The van der Waals surface area contributed by atoms with E-state index in [0.717, 1.165) is 9.35 Å². The van der Waals surface area contributed by atoms with Crippen LogP contribution in [0.5, 0.6) is 11.5 Å². The number of amides is 1. The first-order chi connectivity index (χ1) is 14.4. The molecule has 0 aliphatic carbocycles. The molecule has 2 aromatic heterocycles. The van der Waals surface area contributed by atoms with E-state index in [1.54, 1.807) is 22.8 Å². The summed E-state index contributed by atoms with van der Waals surface area (Å²) in [6.45, 7) is 1.84. The van der Waals surface area contributed by atoms with Crippen LogP contribution in [-0.2, 0) is 17.1 Å². The van der Waals surface area contributed by atoms with Crippen LogP contribution in [0, 0.1) is 6.92 Å². The Balaban J connectivity index is 1.81. The molecule has 0 atom stereocenters. The first kappa shape index (κ1) is 22.1. The van der Waals surface area contributed by atoms with Crippen molar-refractivity contribution in [2.24, 2.45) is 0 Å². The lowest BCUT2D eigenvalue weighted by Gasteiger charge is -2.15. The molecule has 0 spiro atoms. The number of rotatable bonds is 8. The molecule has 0 aliphatic rings. The van der Waals surface area contributed by atoms with Crippen LogP contribution in [0.2, 0.25) is 5.02 Å². The Morgan fingerprint density at radius 1 is 1.23 bits per heavy atom. The molecule has 0 saturated heterocycles. The minimum absolute atomic E-state index is 0.0304. The van der Waals surface area contributed by atoms with Crippen molar-refractivity contribution in [3.63, 3.8) is 0 Å². The Morgan fingerprint density at radius 2 is 2.00 bits per heavy atom. The number of pyridine rings is 1. The SMILES string of the molecule is COc1ccc(Cl)cc1NC(=O)Cn1cc(OC)c(=O)cc1CSc1nnc(C)s1. The summed E-state index contributed by atoms with van der Waals surface area (Å²) in [5, 5.41) is 12.2. The smallest absolute Gasteiger partial charge is 0.244 e. The van der Waals surface area contributed by atoms with Crippen LogP contribution in [0.25, 0.3) is 0 Å². The van der Waals surface area contributed by atoms with Gasteiger partial charge in [-0.3, -0.25) is 9.59 Å². The number of nitrogens with zero attached hydrogens (tertiary/aromatic N) is 3. The van der Waals surface area contributed by atoms with Crippen molar-refractivity contribution in [1.82, 2.24) is 14.8 Å². The number of thioether (sulfide) groups is 1. The molecular formula is C19H19ClN4O4S2. The highest BCUT2D eigenvalue weighted by atomic mass is 35.5. The largest absolute Gasteiger partial charge is 0.495 e. The van der Waals surface area contributed by atoms with E-state index >= 15 is 0 Å². The van der Waals surface area contributed by atoms with Gasteiger partial charge in [0, 0.05) is 22.5 Å². The number of halogens is 1. The average molecular weight is 467 g/mol. The van der Waals surface area contributed by atoms with Crippen LogP contribution in [0.1, 0.15) is 10.7 Å². The van der Waals surface area contributed by atoms with Crippen molar-refractivity contribution in [1.29, 1.82) is 0 Å². The number of anilines is 1. The molecule has 158 valence electrons. The Bertz CT molecular complexity index is 1120.